The largest absolute Gasteiger partial charge is 0.396 e. The molecule has 3 rings (SSSR count). The SMILES string of the molecule is CC(CO)c1ccc2c(c1)Cc1ccccc1S2=O. The lowest BCUT2D eigenvalue weighted by Gasteiger charge is -2.20. The van der Waals surface area contributed by atoms with Gasteiger partial charge >= 0.3 is 0 Å². The molecule has 0 saturated carbocycles. The van der Waals surface area contributed by atoms with Crippen LogP contribution in [0.4, 0.5) is 0 Å². The lowest BCUT2D eigenvalue weighted by Crippen LogP contribution is -2.10. The van der Waals surface area contributed by atoms with Gasteiger partial charge in [-0.05, 0) is 35.2 Å². The van der Waals surface area contributed by atoms with E-state index in [0.29, 0.717) is 0 Å². The molecule has 98 valence electrons. The predicted molar refractivity (Wildman–Crippen MR) is 75.9 cm³/mol. The topological polar surface area (TPSA) is 37.3 Å². The zero-order valence-corrected chi connectivity index (χ0v) is 11.6. The zero-order valence-electron chi connectivity index (χ0n) is 10.8. The summed E-state index contributed by atoms with van der Waals surface area (Å²) < 4.78 is 12.5. The van der Waals surface area contributed by atoms with Gasteiger partial charge < -0.3 is 5.11 Å². The van der Waals surface area contributed by atoms with E-state index in [9.17, 15) is 9.32 Å². The minimum absolute atomic E-state index is 0.121. The van der Waals surface area contributed by atoms with Gasteiger partial charge in [0, 0.05) is 22.3 Å². The van der Waals surface area contributed by atoms with Crippen LogP contribution >= 0.6 is 0 Å². The summed E-state index contributed by atoms with van der Waals surface area (Å²) in [7, 11) is -1.08. The van der Waals surface area contributed by atoms with Crippen molar-refractivity contribution in [3.8, 4) is 0 Å². The molecule has 0 spiro atoms. The van der Waals surface area contributed by atoms with Crippen molar-refractivity contribution in [2.45, 2.75) is 29.1 Å². The molecule has 2 atom stereocenters. The Morgan fingerprint density at radius 3 is 2.68 bits per heavy atom. The average molecular weight is 272 g/mol. The molecule has 1 aliphatic rings. The molecule has 2 aromatic carbocycles. The summed E-state index contributed by atoms with van der Waals surface area (Å²) in [5, 5.41) is 9.24. The smallest absolute Gasteiger partial charge is 0.0855 e. The maximum atomic E-state index is 12.5. The molecule has 0 bridgehead atoms. The van der Waals surface area contributed by atoms with Crippen LogP contribution in [0, 0.1) is 0 Å². The van der Waals surface area contributed by atoms with E-state index in [-0.39, 0.29) is 12.5 Å². The Hall–Kier alpha value is -1.45. The van der Waals surface area contributed by atoms with E-state index in [1.54, 1.807) is 0 Å². The second-order valence-electron chi connectivity index (χ2n) is 5.00. The Balaban J connectivity index is 2.08. The second-order valence-corrected chi connectivity index (χ2v) is 6.42. The number of rotatable bonds is 2. The van der Waals surface area contributed by atoms with Crippen molar-refractivity contribution in [3.05, 3.63) is 59.2 Å². The highest BCUT2D eigenvalue weighted by Gasteiger charge is 2.22. The van der Waals surface area contributed by atoms with Gasteiger partial charge in [0.1, 0.15) is 0 Å². The molecule has 1 N–H and O–H groups in total. The normalized spacial score (nSPS) is 18.5. The number of fused-ring (bicyclic) bond motifs is 2. The Labute approximate surface area is 115 Å². The van der Waals surface area contributed by atoms with E-state index in [1.165, 1.54) is 0 Å². The second kappa shape index (κ2) is 4.91. The van der Waals surface area contributed by atoms with Gasteiger partial charge in [0.25, 0.3) is 0 Å². The molecule has 2 nitrogen and oxygen atoms in total. The first-order chi connectivity index (χ1) is 9.20. The van der Waals surface area contributed by atoms with Gasteiger partial charge in [-0.25, -0.2) is 4.21 Å². The van der Waals surface area contributed by atoms with Crippen LogP contribution in [0.3, 0.4) is 0 Å². The van der Waals surface area contributed by atoms with E-state index in [4.69, 9.17) is 0 Å². The highest BCUT2D eigenvalue weighted by atomic mass is 32.2. The van der Waals surface area contributed by atoms with Gasteiger partial charge in [-0.15, -0.1) is 0 Å². The summed E-state index contributed by atoms with van der Waals surface area (Å²) in [5.41, 5.74) is 3.37. The molecule has 1 aliphatic heterocycles. The molecular formula is C16H16O2S. The van der Waals surface area contributed by atoms with Crippen molar-refractivity contribution >= 4 is 10.8 Å². The summed E-state index contributed by atoms with van der Waals surface area (Å²) in [4.78, 5) is 1.84. The van der Waals surface area contributed by atoms with Crippen LogP contribution in [-0.4, -0.2) is 15.9 Å². The third-order valence-electron chi connectivity index (χ3n) is 3.68. The van der Waals surface area contributed by atoms with E-state index in [1.807, 2.05) is 43.3 Å². The van der Waals surface area contributed by atoms with Crippen molar-refractivity contribution in [2.24, 2.45) is 0 Å². The van der Waals surface area contributed by atoms with E-state index < -0.39 is 10.8 Å². The lowest BCUT2D eigenvalue weighted by molar-refractivity contribution is 0.273. The fourth-order valence-corrected chi connectivity index (χ4v) is 3.86. The van der Waals surface area contributed by atoms with Gasteiger partial charge in [-0.2, -0.15) is 0 Å². The molecule has 0 saturated heterocycles. The highest BCUT2D eigenvalue weighted by Crippen LogP contribution is 2.33. The summed E-state index contributed by atoms with van der Waals surface area (Å²) in [6.45, 7) is 2.13. The molecule has 2 unspecified atom stereocenters. The summed E-state index contributed by atoms with van der Waals surface area (Å²) >= 11 is 0. The van der Waals surface area contributed by atoms with E-state index in [2.05, 4.69) is 6.07 Å². The maximum absolute atomic E-state index is 12.5. The first-order valence-corrected chi connectivity index (χ1v) is 7.59. The van der Waals surface area contributed by atoms with Crippen LogP contribution in [0.15, 0.2) is 52.3 Å². The first-order valence-electron chi connectivity index (χ1n) is 6.44. The van der Waals surface area contributed by atoms with Gasteiger partial charge in [-0.1, -0.05) is 37.3 Å². The van der Waals surface area contributed by atoms with Gasteiger partial charge in [0.2, 0.25) is 0 Å². The van der Waals surface area contributed by atoms with Crippen molar-refractivity contribution in [3.63, 3.8) is 0 Å². The molecule has 0 aliphatic carbocycles. The van der Waals surface area contributed by atoms with Crippen LogP contribution in [0.5, 0.6) is 0 Å². The van der Waals surface area contributed by atoms with Gasteiger partial charge in [-0.3, -0.25) is 0 Å². The summed E-state index contributed by atoms with van der Waals surface area (Å²) in [6, 6.07) is 13.9. The third-order valence-corrected chi connectivity index (χ3v) is 5.28. The fraction of sp³-hybridized carbons (Fsp3) is 0.250. The van der Waals surface area contributed by atoms with Crippen molar-refractivity contribution in [1.82, 2.24) is 0 Å². The minimum atomic E-state index is -1.08. The lowest BCUT2D eigenvalue weighted by atomic mass is 9.96. The van der Waals surface area contributed by atoms with Crippen LogP contribution < -0.4 is 0 Å². The molecule has 0 radical (unpaired) electrons. The van der Waals surface area contributed by atoms with Crippen molar-refractivity contribution in [2.75, 3.05) is 6.61 Å². The van der Waals surface area contributed by atoms with Crippen LogP contribution in [0.1, 0.15) is 29.5 Å². The Morgan fingerprint density at radius 1 is 1.16 bits per heavy atom. The molecule has 3 heteroatoms. The number of benzene rings is 2. The molecule has 2 aromatic rings. The number of hydrogen-bond donors (Lipinski definition) is 1. The molecule has 1 heterocycles. The number of aliphatic hydroxyl groups is 1. The Kier molecular flexibility index (Phi) is 3.25. The predicted octanol–water partition coefficient (Wildman–Crippen LogP) is 2.85. The number of aliphatic hydroxyl groups excluding tert-OH is 1. The number of hydrogen-bond acceptors (Lipinski definition) is 2. The monoisotopic (exact) mass is 272 g/mol. The van der Waals surface area contributed by atoms with Crippen LogP contribution in [0.2, 0.25) is 0 Å². The Morgan fingerprint density at radius 2 is 1.89 bits per heavy atom. The van der Waals surface area contributed by atoms with E-state index in [0.717, 1.165) is 32.9 Å². The molecule has 0 fully saturated rings. The summed E-state index contributed by atoms with van der Waals surface area (Å²) in [6.07, 6.45) is 0.823. The molecule has 0 aromatic heterocycles. The molecule has 19 heavy (non-hydrogen) atoms. The average Bonchev–Trinajstić information content (AvgIpc) is 2.46. The van der Waals surface area contributed by atoms with Crippen LogP contribution in [0.25, 0.3) is 0 Å². The Bertz CT molecular complexity index is 649. The van der Waals surface area contributed by atoms with Crippen molar-refractivity contribution < 1.29 is 9.32 Å². The molecular weight excluding hydrogens is 256 g/mol. The fourth-order valence-electron chi connectivity index (χ4n) is 2.48. The zero-order chi connectivity index (χ0) is 13.4. The quantitative estimate of drug-likeness (QED) is 0.779. The highest BCUT2D eigenvalue weighted by molar-refractivity contribution is 7.85. The van der Waals surface area contributed by atoms with Crippen molar-refractivity contribution in [1.29, 1.82) is 0 Å². The minimum Gasteiger partial charge on any atom is -0.396 e. The molecule has 0 amide bonds. The summed E-state index contributed by atoms with van der Waals surface area (Å²) in [5.74, 6) is 0.121. The van der Waals surface area contributed by atoms with Crippen LogP contribution in [-0.2, 0) is 17.2 Å². The van der Waals surface area contributed by atoms with Gasteiger partial charge in [0.15, 0.2) is 0 Å². The third kappa shape index (κ3) is 2.13. The first kappa shape index (κ1) is 12.6. The van der Waals surface area contributed by atoms with E-state index >= 15 is 0 Å². The standard InChI is InChI=1S/C16H16O2S/c1-11(10-17)12-6-7-16-14(8-12)9-13-4-2-3-5-15(13)19(16)18/h2-8,11,17H,9-10H2,1H3. The van der Waals surface area contributed by atoms with Gasteiger partial charge in [0.05, 0.1) is 10.8 Å². The maximum Gasteiger partial charge on any atom is 0.0855 e.